The molecule has 0 spiro atoms. The lowest BCUT2D eigenvalue weighted by molar-refractivity contribution is -0.0499. The summed E-state index contributed by atoms with van der Waals surface area (Å²) in [5, 5.41) is 3.05. The van der Waals surface area contributed by atoms with Crippen LogP contribution in [0.2, 0.25) is 0 Å². The van der Waals surface area contributed by atoms with Crippen molar-refractivity contribution in [2.24, 2.45) is 0 Å². The largest absolute Gasteiger partial charge is 0.435 e. The fourth-order valence-electron chi connectivity index (χ4n) is 1.65. The lowest BCUT2D eigenvalue weighted by Gasteiger charge is -2.15. The maximum Gasteiger partial charge on any atom is 0.387 e. The number of alkyl halides is 2. The molecular weight excluding hydrogens is 288 g/mol. The standard InChI is InChI=1S/C13H19F2NO3S/c1-3-20(17,18)8-7-16-10(2)11-5-4-6-12(9-11)19-13(14)15/h4-6,9-10,13,16H,3,7-8H2,1-2H3. The zero-order valence-electron chi connectivity index (χ0n) is 11.5. The minimum absolute atomic E-state index is 0.0566. The Kier molecular flexibility index (Phi) is 6.35. The van der Waals surface area contributed by atoms with Gasteiger partial charge in [-0.3, -0.25) is 0 Å². The van der Waals surface area contributed by atoms with Gasteiger partial charge in [-0.15, -0.1) is 0 Å². The summed E-state index contributed by atoms with van der Waals surface area (Å²) in [6, 6.07) is 6.20. The van der Waals surface area contributed by atoms with Crippen LogP contribution < -0.4 is 10.1 Å². The van der Waals surface area contributed by atoms with Crippen molar-refractivity contribution >= 4 is 9.84 Å². The SMILES string of the molecule is CCS(=O)(=O)CCNC(C)c1cccc(OC(F)F)c1. The first-order valence-electron chi connectivity index (χ1n) is 6.32. The number of rotatable bonds is 8. The van der Waals surface area contributed by atoms with Crippen LogP contribution in [-0.2, 0) is 9.84 Å². The van der Waals surface area contributed by atoms with E-state index in [-0.39, 0.29) is 23.3 Å². The molecule has 114 valence electrons. The van der Waals surface area contributed by atoms with E-state index in [9.17, 15) is 17.2 Å². The summed E-state index contributed by atoms with van der Waals surface area (Å²) < 4.78 is 51.3. The molecule has 4 nitrogen and oxygen atoms in total. The Balaban J connectivity index is 2.57. The van der Waals surface area contributed by atoms with Crippen molar-refractivity contribution in [2.75, 3.05) is 18.1 Å². The number of sulfone groups is 1. The molecule has 1 aromatic rings. The van der Waals surface area contributed by atoms with E-state index in [4.69, 9.17) is 0 Å². The fourth-order valence-corrected chi connectivity index (χ4v) is 2.37. The molecule has 1 atom stereocenters. The Hall–Kier alpha value is -1.21. The molecule has 1 unspecified atom stereocenters. The molecular formula is C13H19F2NO3S. The summed E-state index contributed by atoms with van der Waals surface area (Å²) in [4.78, 5) is 0. The molecule has 0 aromatic heterocycles. The van der Waals surface area contributed by atoms with Gasteiger partial charge in [0.25, 0.3) is 0 Å². The highest BCUT2D eigenvalue weighted by Crippen LogP contribution is 2.20. The lowest BCUT2D eigenvalue weighted by atomic mass is 10.1. The van der Waals surface area contributed by atoms with Crippen molar-refractivity contribution in [3.05, 3.63) is 29.8 Å². The van der Waals surface area contributed by atoms with Gasteiger partial charge >= 0.3 is 6.61 Å². The number of ether oxygens (including phenoxy) is 1. The van der Waals surface area contributed by atoms with Gasteiger partial charge in [-0.25, -0.2) is 8.42 Å². The van der Waals surface area contributed by atoms with Crippen molar-refractivity contribution in [1.29, 1.82) is 0 Å². The van der Waals surface area contributed by atoms with Crippen molar-refractivity contribution in [2.45, 2.75) is 26.5 Å². The quantitative estimate of drug-likeness (QED) is 0.801. The summed E-state index contributed by atoms with van der Waals surface area (Å²) in [7, 11) is -3.01. The van der Waals surface area contributed by atoms with Gasteiger partial charge in [-0.05, 0) is 24.6 Å². The third-order valence-electron chi connectivity index (χ3n) is 2.89. The average Bonchev–Trinajstić information content (AvgIpc) is 2.38. The molecule has 1 rings (SSSR count). The second-order valence-corrected chi connectivity index (χ2v) is 6.84. The van der Waals surface area contributed by atoms with Crippen LogP contribution in [-0.4, -0.2) is 33.1 Å². The van der Waals surface area contributed by atoms with Crippen molar-refractivity contribution in [3.8, 4) is 5.75 Å². The van der Waals surface area contributed by atoms with Crippen LogP contribution in [0.1, 0.15) is 25.5 Å². The summed E-state index contributed by atoms with van der Waals surface area (Å²) in [6.07, 6.45) is 0. The van der Waals surface area contributed by atoms with Crippen LogP contribution in [0.25, 0.3) is 0 Å². The van der Waals surface area contributed by atoms with E-state index in [2.05, 4.69) is 10.1 Å². The first-order chi connectivity index (χ1) is 9.34. The molecule has 0 aliphatic heterocycles. The molecule has 0 aliphatic carbocycles. The van der Waals surface area contributed by atoms with Gasteiger partial charge in [-0.1, -0.05) is 19.1 Å². The Morgan fingerprint density at radius 2 is 2.05 bits per heavy atom. The van der Waals surface area contributed by atoms with Crippen LogP contribution in [0.15, 0.2) is 24.3 Å². The molecule has 0 aliphatic rings. The maximum absolute atomic E-state index is 12.1. The third kappa shape index (κ3) is 5.83. The predicted octanol–water partition coefficient (Wildman–Crippen LogP) is 2.37. The van der Waals surface area contributed by atoms with Gasteiger partial charge in [0.2, 0.25) is 0 Å². The molecule has 0 fully saturated rings. The van der Waals surface area contributed by atoms with E-state index in [1.54, 1.807) is 19.1 Å². The molecule has 7 heteroatoms. The van der Waals surface area contributed by atoms with E-state index in [0.717, 1.165) is 5.56 Å². The molecule has 0 radical (unpaired) electrons. The first-order valence-corrected chi connectivity index (χ1v) is 8.15. The molecule has 0 saturated heterocycles. The number of nitrogens with one attached hydrogen (secondary N) is 1. The fraction of sp³-hybridized carbons (Fsp3) is 0.538. The molecule has 0 amide bonds. The lowest BCUT2D eigenvalue weighted by Crippen LogP contribution is -2.26. The van der Waals surface area contributed by atoms with Crippen molar-refractivity contribution in [1.82, 2.24) is 5.32 Å². The van der Waals surface area contributed by atoms with Crippen LogP contribution in [0.4, 0.5) is 8.78 Å². The Labute approximate surface area is 118 Å². The second-order valence-electron chi connectivity index (χ2n) is 4.36. The minimum Gasteiger partial charge on any atom is -0.435 e. The van der Waals surface area contributed by atoms with Crippen molar-refractivity contribution in [3.63, 3.8) is 0 Å². The maximum atomic E-state index is 12.1. The first kappa shape index (κ1) is 16.8. The molecule has 0 bridgehead atoms. The zero-order chi connectivity index (χ0) is 15.2. The number of hydrogen-bond donors (Lipinski definition) is 1. The highest BCUT2D eigenvalue weighted by molar-refractivity contribution is 7.91. The normalized spacial score (nSPS) is 13.4. The third-order valence-corrected chi connectivity index (χ3v) is 4.59. The number of hydrogen-bond acceptors (Lipinski definition) is 4. The van der Waals surface area contributed by atoms with E-state index in [1.165, 1.54) is 12.1 Å². The van der Waals surface area contributed by atoms with Crippen LogP contribution in [0.3, 0.4) is 0 Å². The molecule has 0 saturated carbocycles. The highest BCUT2D eigenvalue weighted by atomic mass is 32.2. The summed E-state index contributed by atoms with van der Waals surface area (Å²) >= 11 is 0. The average molecular weight is 307 g/mol. The van der Waals surface area contributed by atoms with E-state index in [0.29, 0.717) is 6.54 Å². The smallest absolute Gasteiger partial charge is 0.387 e. The Bertz CT molecular complexity index is 520. The minimum atomic E-state index is -3.01. The van der Waals surface area contributed by atoms with E-state index < -0.39 is 16.4 Å². The van der Waals surface area contributed by atoms with Gasteiger partial charge in [0.05, 0.1) is 5.75 Å². The van der Waals surface area contributed by atoms with Gasteiger partial charge in [-0.2, -0.15) is 8.78 Å². The van der Waals surface area contributed by atoms with Crippen molar-refractivity contribution < 1.29 is 21.9 Å². The van der Waals surface area contributed by atoms with Crippen LogP contribution in [0, 0.1) is 0 Å². The van der Waals surface area contributed by atoms with E-state index in [1.807, 2.05) is 6.92 Å². The molecule has 0 heterocycles. The summed E-state index contributed by atoms with van der Waals surface area (Å²) in [6.45, 7) is 0.893. The molecule has 1 N–H and O–H groups in total. The zero-order valence-corrected chi connectivity index (χ0v) is 12.3. The monoisotopic (exact) mass is 307 g/mol. The Morgan fingerprint density at radius 3 is 2.65 bits per heavy atom. The molecule has 1 aromatic carbocycles. The van der Waals surface area contributed by atoms with Gasteiger partial charge in [0.1, 0.15) is 5.75 Å². The number of halogens is 2. The van der Waals surface area contributed by atoms with Gasteiger partial charge in [0.15, 0.2) is 9.84 Å². The topological polar surface area (TPSA) is 55.4 Å². The molecule has 20 heavy (non-hydrogen) atoms. The number of benzene rings is 1. The Morgan fingerprint density at radius 1 is 1.35 bits per heavy atom. The van der Waals surface area contributed by atoms with Gasteiger partial charge < -0.3 is 10.1 Å². The van der Waals surface area contributed by atoms with Gasteiger partial charge in [0, 0.05) is 18.3 Å². The summed E-state index contributed by atoms with van der Waals surface area (Å²) in [5.41, 5.74) is 0.761. The van der Waals surface area contributed by atoms with E-state index >= 15 is 0 Å². The highest BCUT2D eigenvalue weighted by Gasteiger charge is 2.11. The second kappa shape index (κ2) is 7.54. The summed E-state index contributed by atoms with van der Waals surface area (Å²) in [5.74, 6) is 0.259. The predicted molar refractivity (Wildman–Crippen MR) is 73.8 cm³/mol. The van der Waals surface area contributed by atoms with Crippen LogP contribution in [0.5, 0.6) is 5.75 Å². The van der Waals surface area contributed by atoms with Crippen LogP contribution >= 0.6 is 0 Å².